The molecule has 3 aliphatic heterocycles. The molecule has 8 atom stereocenters. The molecular formula is C32H36N4O13. The Morgan fingerprint density at radius 1 is 1.04 bits per heavy atom. The summed E-state index contributed by atoms with van der Waals surface area (Å²) in [4.78, 5) is 27.4. The van der Waals surface area contributed by atoms with Gasteiger partial charge in [-0.25, -0.2) is 4.98 Å². The Labute approximate surface area is 279 Å². The number of hydrogen-bond acceptors (Lipinski definition) is 16. The van der Waals surface area contributed by atoms with Crippen LogP contribution in [0.2, 0.25) is 0 Å². The molecule has 17 nitrogen and oxygen atoms in total. The molecule has 17 heteroatoms. The summed E-state index contributed by atoms with van der Waals surface area (Å²) in [5, 5.41) is 41.3. The summed E-state index contributed by atoms with van der Waals surface area (Å²) in [5.41, 5.74) is 20.1. The predicted octanol–water partition coefficient (Wildman–Crippen LogP) is -0.226. The maximum absolute atomic E-state index is 12.1. The third-order valence-electron chi connectivity index (χ3n) is 8.58. The Morgan fingerprint density at radius 3 is 2.47 bits per heavy atom. The van der Waals surface area contributed by atoms with Gasteiger partial charge in [0.2, 0.25) is 12.0 Å². The number of aromatic nitrogens is 1. The van der Waals surface area contributed by atoms with Crippen molar-refractivity contribution in [3.05, 3.63) is 53.7 Å². The van der Waals surface area contributed by atoms with E-state index < -0.39 is 67.4 Å². The zero-order valence-electron chi connectivity index (χ0n) is 26.3. The van der Waals surface area contributed by atoms with Gasteiger partial charge in [0.1, 0.15) is 54.3 Å². The van der Waals surface area contributed by atoms with E-state index in [1.165, 1.54) is 14.2 Å². The van der Waals surface area contributed by atoms with E-state index in [9.17, 15) is 24.9 Å². The molecule has 4 heterocycles. The van der Waals surface area contributed by atoms with E-state index in [1.54, 1.807) is 36.5 Å². The average molecular weight is 685 g/mol. The van der Waals surface area contributed by atoms with E-state index in [2.05, 4.69) is 4.98 Å². The molecule has 1 saturated heterocycles. The smallest absolute Gasteiger partial charge is 0.317 e. The maximum atomic E-state index is 12.1. The third-order valence-corrected chi connectivity index (χ3v) is 8.58. The second-order valence-corrected chi connectivity index (χ2v) is 11.7. The van der Waals surface area contributed by atoms with Crippen LogP contribution in [-0.2, 0) is 19.1 Å². The fourth-order valence-corrected chi connectivity index (χ4v) is 6.26. The lowest BCUT2D eigenvalue weighted by molar-refractivity contribution is -0.291. The number of carbonyl (C=O) groups excluding carboxylic acids is 1. The van der Waals surface area contributed by atoms with E-state index in [-0.39, 0.29) is 24.1 Å². The van der Waals surface area contributed by atoms with Crippen molar-refractivity contribution in [2.75, 3.05) is 26.6 Å². The first kappa shape index (κ1) is 34.0. The summed E-state index contributed by atoms with van der Waals surface area (Å²) in [5.74, 6) is -0.706. The van der Waals surface area contributed by atoms with Crippen molar-refractivity contribution < 1.29 is 63.2 Å². The molecule has 1 aromatic heterocycles. The minimum Gasteiger partial charge on any atom is -0.493 e. The molecule has 0 saturated carbocycles. The third kappa shape index (κ3) is 6.34. The molecule has 0 bridgehead atoms. The van der Waals surface area contributed by atoms with E-state index in [0.717, 1.165) is 5.56 Å². The summed E-state index contributed by atoms with van der Waals surface area (Å²) in [6.07, 6.45) is -12.0. The van der Waals surface area contributed by atoms with Crippen molar-refractivity contribution in [1.82, 2.24) is 4.98 Å². The Balaban J connectivity index is 1.36. The molecule has 10 N–H and O–H groups in total. The number of ether oxygens (including phenoxy) is 7. The van der Waals surface area contributed by atoms with Gasteiger partial charge in [-0.2, -0.15) is 0 Å². The van der Waals surface area contributed by atoms with Crippen molar-refractivity contribution in [1.29, 1.82) is 0 Å². The molecular weight excluding hydrogens is 648 g/mol. The lowest BCUT2D eigenvalue weighted by atomic mass is 9.85. The van der Waals surface area contributed by atoms with Gasteiger partial charge in [-0.05, 0) is 29.8 Å². The SMILES string of the molecule is COc1ccc2c(c1OC)OC1c3c(cc(OC4OC(C(OC(=O)CC(=O)O)C(N)N)C(O)C(O)C4O)cc3-c3ccc(N)nc3)OCC21. The first-order valence-corrected chi connectivity index (χ1v) is 15.1. The van der Waals surface area contributed by atoms with Crippen molar-refractivity contribution in [3.8, 4) is 39.9 Å². The molecule has 2 aromatic carbocycles. The number of esters is 1. The molecule has 0 aliphatic carbocycles. The van der Waals surface area contributed by atoms with Crippen LogP contribution in [0.4, 0.5) is 5.82 Å². The number of hydrogen-bond donors (Lipinski definition) is 7. The zero-order valence-corrected chi connectivity index (χ0v) is 26.3. The average Bonchev–Trinajstić information content (AvgIpc) is 3.45. The topological polar surface area (TPSA) is 271 Å². The van der Waals surface area contributed by atoms with Crippen LogP contribution >= 0.6 is 0 Å². The van der Waals surface area contributed by atoms with Gasteiger partial charge >= 0.3 is 11.9 Å². The Hall–Kier alpha value is -4.91. The fraction of sp³-hybridized carbons (Fsp3) is 0.406. The summed E-state index contributed by atoms with van der Waals surface area (Å²) in [6.45, 7) is 0.219. The molecule has 49 heavy (non-hydrogen) atoms. The van der Waals surface area contributed by atoms with Gasteiger partial charge in [0, 0.05) is 29.0 Å². The van der Waals surface area contributed by atoms with Gasteiger partial charge in [0.15, 0.2) is 17.6 Å². The first-order valence-electron chi connectivity index (χ1n) is 15.1. The van der Waals surface area contributed by atoms with Crippen molar-refractivity contribution in [2.24, 2.45) is 11.5 Å². The second-order valence-electron chi connectivity index (χ2n) is 11.7. The minimum atomic E-state index is -1.88. The molecule has 0 radical (unpaired) electrons. The van der Waals surface area contributed by atoms with Gasteiger partial charge < -0.3 is 70.8 Å². The standard InChI is InChI=1S/C32H36N4O13/c1-43-17-5-4-14-16-11-45-18-8-13(7-15(12-3-6-19(33)36-10-12)22(18)26(16)48-27(14)28(17)44-2)46-32-25(42)23(40)24(41)29(49-32)30(31(34)35)47-21(39)9-20(37)38/h3-8,10,16,23-26,29-32,40-42H,9,11,34-35H2,1-2H3,(H2,33,36)(H,37,38). The number of carboxylic acids is 1. The van der Waals surface area contributed by atoms with Crippen LogP contribution in [-0.4, -0.2) is 101 Å². The summed E-state index contributed by atoms with van der Waals surface area (Å²) in [6, 6.07) is 10.2. The summed E-state index contributed by atoms with van der Waals surface area (Å²) >= 11 is 0. The molecule has 262 valence electrons. The Kier molecular flexibility index (Phi) is 9.39. The van der Waals surface area contributed by atoms with Gasteiger partial charge in [-0.1, -0.05) is 6.07 Å². The molecule has 0 spiro atoms. The highest BCUT2D eigenvalue weighted by molar-refractivity contribution is 5.90. The van der Waals surface area contributed by atoms with Gasteiger partial charge in [-0.3, -0.25) is 9.59 Å². The number of aliphatic hydroxyl groups excluding tert-OH is 3. The van der Waals surface area contributed by atoms with Crippen molar-refractivity contribution in [2.45, 2.75) is 61.4 Å². The van der Waals surface area contributed by atoms with E-state index in [0.29, 0.717) is 39.7 Å². The Bertz CT molecular complexity index is 1720. The number of anilines is 1. The first-order chi connectivity index (χ1) is 23.4. The van der Waals surface area contributed by atoms with Gasteiger partial charge in [0.25, 0.3) is 0 Å². The lowest BCUT2D eigenvalue weighted by Crippen LogP contribution is -2.66. The number of nitrogens with two attached hydrogens (primary N) is 3. The van der Waals surface area contributed by atoms with Crippen LogP contribution in [0.5, 0.6) is 28.7 Å². The van der Waals surface area contributed by atoms with Crippen LogP contribution in [0.3, 0.4) is 0 Å². The molecule has 8 unspecified atom stereocenters. The number of carbonyl (C=O) groups is 2. The highest BCUT2D eigenvalue weighted by Crippen LogP contribution is 2.58. The lowest BCUT2D eigenvalue weighted by Gasteiger charge is -2.43. The van der Waals surface area contributed by atoms with Crippen molar-refractivity contribution in [3.63, 3.8) is 0 Å². The number of nitrogens with zero attached hydrogens (tertiary/aromatic N) is 1. The summed E-state index contributed by atoms with van der Waals surface area (Å²) < 4.78 is 40.8. The van der Waals surface area contributed by atoms with Crippen LogP contribution in [0, 0.1) is 0 Å². The Morgan fingerprint density at radius 2 is 1.82 bits per heavy atom. The molecule has 3 aromatic rings. The van der Waals surface area contributed by atoms with Crippen LogP contribution < -0.4 is 40.9 Å². The number of fused-ring (bicyclic) bond motifs is 5. The molecule has 0 amide bonds. The molecule has 1 fully saturated rings. The number of aliphatic hydroxyl groups is 3. The summed E-state index contributed by atoms with van der Waals surface area (Å²) in [7, 11) is 3.05. The number of rotatable bonds is 10. The van der Waals surface area contributed by atoms with Crippen molar-refractivity contribution >= 4 is 17.8 Å². The monoisotopic (exact) mass is 684 g/mol. The fourth-order valence-electron chi connectivity index (χ4n) is 6.26. The zero-order chi connectivity index (χ0) is 35.1. The largest absolute Gasteiger partial charge is 0.493 e. The number of aliphatic carboxylic acids is 1. The highest BCUT2D eigenvalue weighted by Gasteiger charge is 2.50. The number of nitrogen functional groups attached to an aromatic ring is 1. The minimum absolute atomic E-state index is 0.0987. The number of methoxy groups -OCH3 is 2. The van der Waals surface area contributed by atoms with Crippen LogP contribution in [0.1, 0.15) is 29.6 Å². The quantitative estimate of drug-likeness (QED) is 0.0825. The normalized spacial score (nSPS) is 25.9. The number of benzene rings is 2. The van der Waals surface area contributed by atoms with Crippen LogP contribution in [0.15, 0.2) is 42.6 Å². The predicted molar refractivity (Wildman–Crippen MR) is 167 cm³/mol. The highest BCUT2D eigenvalue weighted by atomic mass is 16.7. The van der Waals surface area contributed by atoms with E-state index in [4.69, 9.17) is 55.5 Å². The van der Waals surface area contributed by atoms with Gasteiger partial charge in [0.05, 0.1) is 32.9 Å². The number of carboxylic acid groups (broad SMARTS) is 1. The van der Waals surface area contributed by atoms with Crippen LogP contribution in [0.25, 0.3) is 11.1 Å². The molecule has 3 aliphatic rings. The molecule has 6 rings (SSSR count). The second kappa shape index (κ2) is 13.5. The van der Waals surface area contributed by atoms with Gasteiger partial charge in [-0.15, -0.1) is 0 Å². The maximum Gasteiger partial charge on any atom is 0.317 e. The van der Waals surface area contributed by atoms with E-state index in [1.807, 2.05) is 6.07 Å². The van der Waals surface area contributed by atoms with E-state index >= 15 is 0 Å². The number of pyridine rings is 1.